The zero-order valence-electron chi connectivity index (χ0n) is 14.0. The number of hydrogen-bond acceptors (Lipinski definition) is 2. The second kappa shape index (κ2) is 7.18. The van der Waals surface area contributed by atoms with Gasteiger partial charge in [0.25, 0.3) is 5.91 Å². The van der Waals surface area contributed by atoms with Gasteiger partial charge in [0.05, 0.1) is 0 Å². The average Bonchev–Trinajstić information content (AvgIpc) is 2.61. The maximum Gasteiger partial charge on any atom is 0.261 e. The Balaban J connectivity index is 1.60. The van der Waals surface area contributed by atoms with Crippen molar-refractivity contribution in [3.05, 3.63) is 77.9 Å². The zero-order chi connectivity index (χ0) is 16.9. The molecule has 122 valence electrons. The lowest BCUT2D eigenvalue weighted by atomic mass is 10.1. The number of nitrogens with one attached hydrogen (secondary N) is 1. The van der Waals surface area contributed by atoms with Crippen LogP contribution < -0.4 is 10.1 Å². The number of aryl methyl sites for hydroxylation is 1. The summed E-state index contributed by atoms with van der Waals surface area (Å²) >= 11 is 0. The van der Waals surface area contributed by atoms with E-state index in [1.807, 2.05) is 49.4 Å². The molecule has 0 heterocycles. The third-order valence-corrected chi connectivity index (χ3v) is 4.05. The minimum atomic E-state index is -0.536. The van der Waals surface area contributed by atoms with E-state index in [0.29, 0.717) is 6.54 Å². The van der Waals surface area contributed by atoms with Crippen molar-refractivity contribution < 1.29 is 9.53 Å². The third kappa shape index (κ3) is 3.74. The van der Waals surface area contributed by atoms with Crippen LogP contribution in [0.25, 0.3) is 10.8 Å². The first kappa shape index (κ1) is 16.1. The van der Waals surface area contributed by atoms with Crippen LogP contribution in [0.1, 0.15) is 18.1 Å². The van der Waals surface area contributed by atoms with Crippen LogP contribution in [0.3, 0.4) is 0 Å². The number of para-hydroxylation sites is 1. The molecule has 1 atom stereocenters. The van der Waals surface area contributed by atoms with Crippen LogP contribution >= 0.6 is 0 Å². The molecule has 3 aromatic rings. The first-order chi connectivity index (χ1) is 11.6. The van der Waals surface area contributed by atoms with Crippen LogP contribution in [-0.4, -0.2) is 12.0 Å². The van der Waals surface area contributed by atoms with E-state index in [9.17, 15) is 4.79 Å². The lowest BCUT2D eigenvalue weighted by Gasteiger charge is -2.16. The minimum absolute atomic E-state index is 0.119. The normalized spacial score (nSPS) is 11.9. The quantitative estimate of drug-likeness (QED) is 0.764. The van der Waals surface area contributed by atoms with Gasteiger partial charge in [-0.15, -0.1) is 0 Å². The summed E-state index contributed by atoms with van der Waals surface area (Å²) in [5.41, 5.74) is 2.09. The molecule has 0 aliphatic heterocycles. The average molecular weight is 319 g/mol. The number of rotatable bonds is 5. The summed E-state index contributed by atoms with van der Waals surface area (Å²) in [5.74, 6) is 0.622. The van der Waals surface area contributed by atoms with Gasteiger partial charge in [-0.3, -0.25) is 4.79 Å². The number of amides is 1. The summed E-state index contributed by atoms with van der Waals surface area (Å²) in [5, 5.41) is 5.31. The highest BCUT2D eigenvalue weighted by atomic mass is 16.5. The van der Waals surface area contributed by atoms with Gasteiger partial charge in [-0.05, 0) is 47.9 Å². The summed E-state index contributed by atoms with van der Waals surface area (Å²) in [6.45, 7) is 4.22. The van der Waals surface area contributed by atoms with Crippen molar-refractivity contribution in [3.8, 4) is 5.75 Å². The van der Waals surface area contributed by atoms with Gasteiger partial charge >= 0.3 is 0 Å². The van der Waals surface area contributed by atoms with Gasteiger partial charge in [0.1, 0.15) is 5.75 Å². The molecular formula is C21H21NO2. The first-order valence-electron chi connectivity index (χ1n) is 8.11. The lowest BCUT2D eigenvalue weighted by Crippen LogP contribution is -2.36. The fraction of sp³-hybridized carbons (Fsp3) is 0.190. The zero-order valence-corrected chi connectivity index (χ0v) is 14.0. The molecule has 0 spiro atoms. The second-order valence-electron chi connectivity index (χ2n) is 5.92. The largest absolute Gasteiger partial charge is 0.481 e. The van der Waals surface area contributed by atoms with Crippen LogP contribution in [0, 0.1) is 6.92 Å². The predicted molar refractivity (Wildman–Crippen MR) is 97.1 cm³/mol. The number of carbonyl (C=O) groups is 1. The molecule has 0 fully saturated rings. The molecule has 0 saturated carbocycles. The van der Waals surface area contributed by atoms with Crippen molar-refractivity contribution in [3.63, 3.8) is 0 Å². The number of fused-ring (bicyclic) bond motifs is 1. The minimum Gasteiger partial charge on any atom is -0.481 e. The topological polar surface area (TPSA) is 38.3 Å². The Kier molecular flexibility index (Phi) is 4.80. The molecule has 1 unspecified atom stereocenters. The molecule has 3 heteroatoms. The number of carbonyl (C=O) groups excluding carboxylic acids is 1. The van der Waals surface area contributed by atoms with E-state index in [1.54, 1.807) is 6.92 Å². The number of hydrogen-bond donors (Lipinski definition) is 1. The highest BCUT2D eigenvalue weighted by Gasteiger charge is 2.15. The highest BCUT2D eigenvalue weighted by molar-refractivity contribution is 5.83. The molecule has 1 N–H and O–H groups in total. The Morgan fingerprint density at radius 3 is 2.50 bits per heavy atom. The molecule has 24 heavy (non-hydrogen) atoms. The van der Waals surface area contributed by atoms with Crippen LogP contribution in [-0.2, 0) is 11.3 Å². The van der Waals surface area contributed by atoms with Gasteiger partial charge in [0, 0.05) is 6.54 Å². The molecule has 0 radical (unpaired) electrons. The summed E-state index contributed by atoms with van der Waals surface area (Å²) in [4.78, 5) is 12.3. The molecule has 0 aliphatic carbocycles. The second-order valence-corrected chi connectivity index (χ2v) is 5.92. The van der Waals surface area contributed by atoms with Crippen LogP contribution in [0.15, 0.2) is 66.7 Å². The van der Waals surface area contributed by atoms with Crippen LogP contribution in [0.2, 0.25) is 0 Å². The van der Waals surface area contributed by atoms with Gasteiger partial charge in [-0.2, -0.15) is 0 Å². The van der Waals surface area contributed by atoms with E-state index < -0.39 is 6.10 Å². The molecule has 3 nitrogen and oxygen atoms in total. The maximum atomic E-state index is 12.3. The Labute approximate surface area is 142 Å². The van der Waals surface area contributed by atoms with Crippen molar-refractivity contribution in [1.82, 2.24) is 5.32 Å². The molecule has 0 aromatic heterocycles. The summed E-state index contributed by atoms with van der Waals surface area (Å²) in [6, 6.07) is 22.1. The predicted octanol–water partition coefficient (Wildman–Crippen LogP) is 4.23. The molecule has 3 aromatic carbocycles. The standard InChI is InChI=1S/C21H21NO2/c1-15-7-3-6-10-20(15)24-16(2)21(23)22-14-17-11-12-18-8-4-5-9-19(18)13-17/h3-13,16H,14H2,1-2H3,(H,22,23). The smallest absolute Gasteiger partial charge is 0.261 e. The van der Waals surface area contributed by atoms with Crippen LogP contribution in [0.5, 0.6) is 5.75 Å². The maximum absolute atomic E-state index is 12.3. The summed E-state index contributed by atoms with van der Waals surface area (Å²) < 4.78 is 5.75. The molecular weight excluding hydrogens is 298 g/mol. The SMILES string of the molecule is Cc1ccccc1OC(C)C(=O)NCc1ccc2ccccc2c1. The Bertz CT molecular complexity index is 857. The van der Waals surface area contributed by atoms with E-state index in [4.69, 9.17) is 4.74 Å². The summed E-state index contributed by atoms with van der Waals surface area (Å²) in [7, 11) is 0. The van der Waals surface area contributed by atoms with E-state index in [0.717, 1.165) is 16.9 Å². The van der Waals surface area contributed by atoms with Gasteiger partial charge in [-0.25, -0.2) is 0 Å². The van der Waals surface area contributed by atoms with E-state index in [-0.39, 0.29) is 5.91 Å². The molecule has 0 bridgehead atoms. The van der Waals surface area contributed by atoms with E-state index in [1.165, 1.54) is 10.8 Å². The lowest BCUT2D eigenvalue weighted by molar-refractivity contribution is -0.127. The Hall–Kier alpha value is -2.81. The summed E-state index contributed by atoms with van der Waals surface area (Å²) in [6.07, 6.45) is -0.536. The Morgan fingerprint density at radius 2 is 1.71 bits per heavy atom. The van der Waals surface area contributed by atoms with Crippen LogP contribution in [0.4, 0.5) is 0 Å². The molecule has 1 amide bonds. The van der Waals surface area contributed by atoms with Gasteiger partial charge in [0.2, 0.25) is 0 Å². The number of benzene rings is 3. The third-order valence-electron chi connectivity index (χ3n) is 4.05. The van der Waals surface area contributed by atoms with Crippen molar-refractivity contribution in [2.24, 2.45) is 0 Å². The first-order valence-corrected chi connectivity index (χ1v) is 8.11. The van der Waals surface area contributed by atoms with Gasteiger partial charge in [-0.1, -0.05) is 54.6 Å². The van der Waals surface area contributed by atoms with Gasteiger partial charge in [0.15, 0.2) is 6.10 Å². The van der Waals surface area contributed by atoms with E-state index in [2.05, 4.69) is 29.6 Å². The van der Waals surface area contributed by atoms with Crippen molar-refractivity contribution in [2.45, 2.75) is 26.5 Å². The van der Waals surface area contributed by atoms with Crippen molar-refractivity contribution >= 4 is 16.7 Å². The number of ether oxygens (including phenoxy) is 1. The fourth-order valence-electron chi connectivity index (χ4n) is 2.61. The van der Waals surface area contributed by atoms with Gasteiger partial charge < -0.3 is 10.1 Å². The highest BCUT2D eigenvalue weighted by Crippen LogP contribution is 2.18. The monoisotopic (exact) mass is 319 g/mol. The Morgan fingerprint density at radius 1 is 1.00 bits per heavy atom. The molecule has 0 saturated heterocycles. The van der Waals surface area contributed by atoms with E-state index >= 15 is 0 Å². The molecule has 3 rings (SSSR count). The van der Waals surface area contributed by atoms with Crippen molar-refractivity contribution in [1.29, 1.82) is 0 Å². The van der Waals surface area contributed by atoms with Crippen molar-refractivity contribution in [2.75, 3.05) is 0 Å². The molecule has 0 aliphatic rings. The fourth-order valence-corrected chi connectivity index (χ4v) is 2.61.